The molecule has 1 aliphatic carbocycles. The molecule has 2 aromatic carbocycles. The van der Waals surface area contributed by atoms with Crippen molar-refractivity contribution in [1.29, 1.82) is 0 Å². The van der Waals surface area contributed by atoms with E-state index in [2.05, 4.69) is 0 Å². The number of benzene rings is 2. The van der Waals surface area contributed by atoms with Crippen LogP contribution in [0.15, 0.2) is 36.4 Å². The summed E-state index contributed by atoms with van der Waals surface area (Å²) in [5.41, 5.74) is 2.55. The van der Waals surface area contributed by atoms with E-state index in [4.69, 9.17) is 11.6 Å². The van der Waals surface area contributed by atoms with E-state index in [-0.39, 0.29) is 11.6 Å². The molecule has 0 radical (unpaired) electrons. The maximum Gasteiger partial charge on any atom is 0.194 e. The van der Waals surface area contributed by atoms with Crippen molar-refractivity contribution in [3.8, 4) is 0 Å². The molecule has 102 valence electrons. The number of rotatable bonds is 0. The molecule has 0 fully saturated rings. The Morgan fingerprint density at radius 3 is 2.00 bits per heavy atom. The number of ketones is 2. The van der Waals surface area contributed by atoms with Crippen molar-refractivity contribution in [1.82, 2.24) is 0 Å². The molecule has 0 aromatic heterocycles. The first-order valence-corrected chi connectivity index (χ1v) is 6.96. The number of halogens is 1. The molecule has 0 amide bonds. The summed E-state index contributed by atoms with van der Waals surface area (Å²) < 4.78 is 0. The van der Waals surface area contributed by atoms with Crippen LogP contribution in [0.2, 0.25) is 5.02 Å². The van der Waals surface area contributed by atoms with Gasteiger partial charge in [-0.15, -0.1) is 0 Å². The van der Waals surface area contributed by atoms with Gasteiger partial charge in [-0.3, -0.25) is 9.59 Å². The number of hydrogen-bond acceptors (Lipinski definition) is 2. The van der Waals surface area contributed by atoms with Crippen LogP contribution in [0, 0.1) is 6.92 Å². The normalized spacial score (nSPS) is 12.2. The lowest BCUT2D eigenvalue weighted by molar-refractivity contribution is 0.0978. The fraction of sp³-hybridized carbons (Fsp3) is 0.176. The molecule has 2 aromatic rings. The molecule has 3 rings (SSSR count). The molecular weight excluding hydrogens is 272 g/mol. The van der Waals surface area contributed by atoms with Crippen molar-refractivity contribution in [2.45, 2.75) is 20.8 Å². The van der Waals surface area contributed by atoms with Gasteiger partial charge in [0.1, 0.15) is 0 Å². The molecule has 3 heteroatoms. The van der Waals surface area contributed by atoms with E-state index in [0.29, 0.717) is 27.3 Å². The molecule has 0 heterocycles. The highest BCUT2D eigenvalue weighted by atomic mass is 35.5. The van der Waals surface area contributed by atoms with E-state index in [0.717, 1.165) is 5.56 Å². The first-order chi connectivity index (χ1) is 9.59. The van der Waals surface area contributed by atoms with Crippen LogP contribution < -0.4 is 0 Å². The lowest BCUT2D eigenvalue weighted by Crippen LogP contribution is -2.21. The summed E-state index contributed by atoms with van der Waals surface area (Å²) in [6.07, 6.45) is 0. The predicted octanol–water partition coefficient (Wildman–Crippen LogP) is 4.45. The van der Waals surface area contributed by atoms with Gasteiger partial charge in [-0.25, -0.2) is 0 Å². The Bertz CT molecular complexity index is 702. The highest BCUT2D eigenvalue weighted by Crippen LogP contribution is 2.31. The van der Waals surface area contributed by atoms with Crippen LogP contribution in [0.5, 0.6) is 0 Å². The molecule has 0 N–H and O–H groups in total. The molecule has 0 unspecified atom stereocenters. The summed E-state index contributed by atoms with van der Waals surface area (Å²) in [5, 5.41) is 0.479. The Balaban J connectivity index is 0.000000704. The molecular formula is C17H15ClO2. The summed E-state index contributed by atoms with van der Waals surface area (Å²) in [4.78, 5) is 24.7. The third-order valence-corrected chi connectivity index (χ3v) is 3.41. The van der Waals surface area contributed by atoms with Crippen molar-refractivity contribution in [2.24, 2.45) is 0 Å². The summed E-state index contributed by atoms with van der Waals surface area (Å²) >= 11 is 5.96. The highest BCUT2D eigenvalue weighted by molar-refractivity contribution is 6.33. The lowest BCUT2D eigenvalue weighted by Gasteiger charge is -2.19. The molecule has 20 heavy (non-hydrogen) atoms. The van der Waals surface area contributed by atoms with Crippen molar-refractivity contribution in [2.75, 3.05) is 0 Å². The van der Waals surface area contributed by atoms with E-state index in [1.54, 1.807) is 43.3 Å². The number of fused-ring (bicyclic) bond motifs is 2. The Morgan fingerprint density at radius 2 is 1.40 bits per heavy atom. The molecule has 0 spiro atoms. The molecule has 0 saturated heterocycles. The van der Waals surface area contributed by atoms with Crippen molar-refractivity contribution in [3.05, 3.63) is 69.2 Å². The molecule has 2 nitrogen and oxygen atoms in total. The van der Waals surface area contributed by atoms with Crippen LogP contribution >= 0.6 is 11.6 Å². The first kappa shape index (κ1) is 14.5. The van der Waals surface area contributed by atoms with Crippen LogP contribution in [0.3, 0.4) is 0 Å². The fourth-order valence-corrected chi connectivity index (χ4v) is 2.66. The van der Waals surface area contributed by atoms with E-state index in [1.807, 2.05) is 13.8 Å². The Labute approximate surface area is 123 Å². The maximum absolute atomic E-state index is 12.4. The minimum Gasteiger partial charge on any atom is -0.289 e. The maximum atomic E-state index is 12.4. The highest BCUT2D eigenvalue weighted by Gasteiger charge is 2.30. The largest absolute Gasteiger partial charge is 0.289 e. The van der Waals surface area contributed by atoms with Crippen LogP contribution in [-0.4, -0.2) is 11.6 Å². The zero-order valence-corrected chi connectivity index (χ0v) is 12.4. The van der Waals surface area contributed by atoms with Gasteiger partial charge in [0.2, 0.25) is 0 Å². The summed E-state index contributed by atoms with van der Waals surface area (Å²) in [6.45, 7) is 5.80. The van der Waals surface area contributed by atoms with Gasteiger partial charge in [0.25, 0.3) is 0 Å². The number of hydrogen-bond donors (Lipinski definition) is 0. The Hall–Kier alpha value is -1.93. The summed E-state index contributed by atoms with van der Waals surface area (Å²) in [6, 6.07) is 10.2. The van der Waals surface area contributed by atoms with Crippen LogP contribution in [-0.2, 0) is 0 Å². The Morgan fingerprint density at radius 1 is 0.850 bits per heavy atom. The number of carbonyl (C=O) groups excluding carboxylic acids is 2. The smallest absolute Gasteiger partial charge is 0.194 e. The van der Waals surface area contributed by atoms with Gasteiger partial charge < -0.3 is 0 Å². The average molecular weight is 287 g/mol. The SMILES string of the molecule is CC.Cc1cc(Cl)cc2c1C(=O)c1ccccc1C2=O. The third-order valence-electron chi connectivity index (χ3n) is 3.19. The molecule has 1 aliphatic rings. The zero-order valence-electron chi connectivity index (χ0n) is 11.7. The number of aryl methyl sites for hydroxylation is 1. The quantitative estimate of drug-likeness (QED) is 0.612. The monoisotopic (exact) mass is 286 g/mol. The summed E-state index contributed by atoms with van der Waals surface area (Å²) in [5.74, 6) is -0.236. The van der Waals surface area contributed by atoms with E-state index in [1.165, 1.54) is 0 Å². The van der Waals surface area contributed by atoms with Crippen LogP contribution in [0.4, 0.5) is 0 Å². The lowest BCUT2D eigenvalue weighted by atomic mass is 9.82. The first-order valence-electron chi connectivity index (χ1n) is 6.58. The third kappa shape index (κ3) is 2.16. The van der Waals surface area contributed by atoms with E-state index < -0.39 is 0 Å². The second kappa shape index (κ2) is 5.59. The van der Waals surface area contributed by atoms with Gasteiger partial charge in [0.15, 0.2) is 11.6 Å². The van der Waals surface area contributed by atoms with Gasteiger partial charge in [-0.1, -0.05) is 49.7 Å². The van der Waals surface area contributed by atoms with Crippen LogP contribution in [0.1, 0.15) is 51.3 Å². The van der Waals surface area contributed by atoms with E-state index in [9.17, 15) is 9.59 Å². The Kier molecular flexibility index (Phi) is 4.05. The van der Waals surface area contributed by atoms with Gasteiger partial charge >= 0.3 is 0 Å². The zero-order chi connectivity index (χ0) is 14.9. The average Bonchev–Trinajstić information content (AvgIpc) is 2.46. The second-order valence-corrected chi connectivity index (χ2v) is 4.79. The minimum atomic E-state index is -0.134. The number of carbonyl (C=O) groups is 2. The molecule has 0 bridgehead atoms. The van der Waals surface area contributed by atoms with Gasteiger partial charge in [-0.05, 0) is 24.6 Å². The summed E-state index contributed by atoms with van der Waals surface area (Å²) in [7, 11) is 0. The molecule has 0 atom stereocenters. The minimum absolute atomic E-state index is 0.102. The van der Waals surface area contributed by atoms with Crippen molar-refractivity contribution in [3.63, 3.8) is 0 Å². The van der Waals surface area contributed by atoms with E-state index >= 15 is 0 Å². The molecule has 0 aliphatic heterocycles. The van der Waals surface area contributed by atoms with Gasteiger partial charge in [0.05, 0.1) is 0 Å². The van der Waals surface area contributed by atoms with Gasteiger partial charge in [-0.2, -0.15) is 0 Å². The van der Waals surface area contributed by atoms with Crippen molar-refractivity contribution < 1.29 is 9.59 Å². The second-order valence-electron chi connectivity index (χ2n) is 4.35. The van der Waals surface area contributed by atoms with Crippen molar-refractivity contribution >= 4 is 23.2 Å². The fourth-order valence-electron chi connectivity index (χ4n) is 2.38. The topological polar surface area (TPSA) is 34.1 Å². The predicted molar refractivity (Wildman–Crippen MR) is 80.8 cm³/mol. The molecule has 0 saturated carbocycles. The van der Waals surface area contributed by atoms with Gasteiger partial charge in [0, 0.05) is 27.3 Å². The van der Waals surface area contributed by atoms with Crippen LogP contribution in [0.25, 0.3) is 0 Å². The standard InChI is InChI=1S/C15H9ClO2.C2H6/c1-8-6-9(16)7-12-13(8)15(18)11-5-3-2-4-10(11)14(12)17;1-2/h2-7H,1H3;1-2H3.